The van der Waals surface area contributed by atoms with E-state index in [4.69, 9.17) is 0 Å². The maximum atomic E-state index is 2.26. The third kappa shape index (κ3) is 47.9. The predicted octanol–water partition coefficient (Wildman–Crippen LogP) is 6.98. The summed E-state index contributed by atoms with van der Waals surface area (Å²) in [4.78, 5) is 0. The molecule has 0 saturated heterocycles. The van der Waals surface area contributed by atoms with Crippen molar-refractivity contribution >= 4 is 0 Å². The molecule has 0 spiro atoms. The molecule has 0 aliphatic carbocycles. The van der Waals surface area contributed by atoms with Gasteiger partial charge in [0, 0.05) is 18.6 Å². The van der Waals surface area contributed by atoms with Crippen LogP contribution >= 0.6 is 0 Å². The fourth-order valence-electron chi connectivity index (χ4n) is 1.38. The van der Waals surface area contributed by atoms with Crippen molar-refractivity contribution in [3.63, 3.8) is 0 Å². The van der Waals surface area contributed by atoms with Gasteiger partial charge in [-0.2, -0.15) is 0 Å². The summed E-state index contributed by atoms with van der Waals surface area (Å²) in [6.45, 7) is 13.0. The Hall–Kier alpha value is 0.584. The summed E-state index contributed by atoms with van der Waals surface area (Å²) in [5.41, 5.74) is 0. The molecule has 107 valence electrons. The van der Waals surface area contributed by atoms with Crippen LogP contribution in [0.5, 0.6) is 0 Å². The maximum Gasteiger partial charge on any atom is 0 e. The van der Waals surface area contributed by atoms with Gasteiger partial charge in [-0.25, -0.2) is 0 Å². The Bertz CT molecular complexity index is 63.9. The van der Waals surface area contributed by atoms with Gasteiger partial charge in [0.2, 0.25) is 0 Å². The Labute approximate surface area is 124 Å². The summed E-state index contributed by atoms with van der Waals surface area (Å²) in [5, 5.41) is 0. The molecule has 0 heterocycles. The quantitative estimate of drug-likeness (QED) is 0.421. The van der Waals surface area contributed by atoms with Crippen LogP contribution in [0, 0.1) is 0 Å². The molecule has 0 aliphatic rings. The first-order chi connectivity index (χ1) is 7.83. The Morgan fingerprint density at radius 2 is 0.647 bits per heavy atom. The maximum absolute atomic E-state index is 2.26. The van der Waals surface area contributed by atoms with E-state index >= 15 is 0 Å². The van der Waals surface area contributed by atoms with E-state index in [-0.39, 0.29) is 18.6 Å². The van der Waals surface area contributed by atoms with Gasteiger partial charge in [-0.05, 0) is 0 Å². The third-order valence-corrected chi connectivity index (χ3v) is 2.41. The third-order valence-electron chi connectivity index (χ3n) is 2.41. The van der Waals surface area contributed by atoms with Crippen molar-refractivity contribution in [3.8, 4) is 0 Å². The zero-order chi connectivity index (χ0) is 13.1. The summed E-state index contributed by atoms with van der Waals surface area (Å²) < 4.78 is 0. The monoisotopic (exact) mass is 281 g/mol. The fraction of sp³-hybridized carbons (Fsp3) is 1.00. The van der Waals surface area contributed by atoms with E-state index in [1.807, 2.05) is 13.8 Å². The average Bonchev–Trinajstić information content (AvgIpc) is 2.33. The van der Waals surface area contributed by atoms with Gasteiger partial charge in [0.15, 0.2) is 0 Å². The van der Waals surface area contributed by atoms with Crippen LogP contribution in [-0.4, -0.2) is 0 Å². The molecule has 0 unspecified atom stereocenters. The van der Waals surface area contributed by atoms with E-state index in [0.717, 1.165) is 0 Å². The summed E-state index contributed by atoms with van der Waals surface area (Å²) in [7, 11) is 0. The molecule has 0 aromatic rings. The molecule has 0 fully saturated rings. The summed E-state index contributed by atoms with van der Waals surface area (Å²) >= 11 is 0. The Balaban J connectivity index is -0.0000000910. The molecule has 0 atom stereocenters. The van der Waals surface area contributed by atoms with E-state index in [0.29, 0.717) is 0 Å². The molecule has 0 bridgehead atoms. The van der Waals surface area contributed by atoms with Crippen molar-refractivity contribution in [1.82, 2.24) is 0 Å². The summed E-state index contributed by atoms with van der Waals surface area (Å²) in [6.07, 6.45) is 14.0. The average molecular weight is 281 g/mol. The van der Waals surface area contributed by atoms with Crippen LogP contribution in [0.15, 0.2) is 0 Å². The number of hydrogen-bond donors (Lipinski definition) is 0. The Morgan fingerprint density at radius 1 is 0.412 bits per heavy atom. The minimum Gasteiger partial charge on any atom is -0.0683 e. The van der Waals surface area contributed by atoms with Gasteiger partial charge in [-0.3, -0.25) is 0 Å². The molecule has 0 aromatic heterocycles. The van der Waals surface area contributed by atoms with E-state index in [9.17, 15) is 0 Å². The first-order valence-corrected chi connectivity index (χ1v) is 7.83. The summed E-state index contributed by atoms with van der Waals surface area (Å²) in [5.74, 6) is 0. The first kappa shape index (κ1) is 26.2. The number of unbranched alkanes of at least 4 members (excludes halogenated alkanes) is 8. The molecule has 17 heavy (non-hydrogen) atoms. The van der Waals surface area contributed by atoms with E-state index in [1.54, 1.807) is 0 Å². The molecular formula is C16H38V. The first-order valence-electron chi connectivity index (χ1n) is 7.83. The van der Waals surface area contributed by atoms with Crippen LogP contribution in [0.2, 0.25) is 0 Å². The molecule has 1 heteroatoms. The largest absolute Gasteiger partial charge is 0.0683 e. The van der Waals surface area contributed by atoms with Crippen molar-refractivity contribution in [2.24, 2.45) is 0 Å². The van der Waals surface area contributed by atoms with Gasteiger partial charge in [-0.1, -0.05) is 106 Å². The van der Waals surface area contributed by atoms with Crippen LogP contribution < -0.4 is 0 Å². The second kappa shape index (κ2) is 36.0. The molecule has 0 amide bonds. The predicted molar refractivity (Wildman–Crippen MR) is 80.2 cm³/mol. The molecule has 0 nitrogen and oxygen atoms in total. The molecule has 0 N–H and O–H groups in total. The molecule has 0 saturated carbocycles. The van der Waals surface area contributed by atoms with Crippen molar-refractivity contribution < 1.29 is 18.6 Å². The number of rotatable bonds is 8. The minimum absolute atomic E-state index is 0. The minimum atomic E-state index is 0. The Morgan fingerprint density at radius 3 is 0.824 bits per heavy atom. The van der Waals surface area contributed by atoms with Crippen molar-refractivity contribution in [1.29, 1.82) is 0 Å². The molecule has 1 radical (unpaired) electrons. The van der Waals surface area contributed by atoms with Gasteiger partial charge in [0.25, 0.3) is 0 Å². The second-order valence-electron chi connectivity index (χ2n) is 4.12. The van der Waals surface area contributed by atoms with Crippen molar-refractivity contribution in [2.45, 2.75) is 106 Å². The van der Waals surface area contributed by atoms with Gasteiger partial charge in [0.1, 0.15) is 0 Å². The molecular weight excluding hydrogens is 243 g/mol. The standard InChI is InChI=1S/C9H20.C5H12.C2H6.V/c1-3-5-7-9-8-6-4-2;1-3-5-4-2;1-2;/h3-9H2,1-2H3;3-5H2,1-2H3;1-2H3;. The van der Waals surface area contributed by atoms with E-state index in [2.05, 4.69) is 27.7 Å². The normalized spacial score (nSPS) is 8.12. The smallest absolute Gasteiger partial charge is 0 e. The van der Waals surface area contributed by atoms with E-state index < -0.39 is 0 Å². The molecule has 0 aromatic carbocycles. The van der Waals surface area contributed by atoms with Crippen LogP contribution in [-0.2, 0) is 18.6 Å². The zero-order valence-corrected chi connectivity index (χ0v) is 14.9. The van der Waals surface area contributed by atoms with Crippen LogP contribution in [0.4, 0.5) is 0 Å². The van der Waals surface area contributed by atoms with Crippen LogP contribution in [0.1, 0.15) is 106 Å². The topological polar surface area (TPSA) is 0 Å². The van der Waals surface area contributed by atoms with Gasteiger partial charge in [0.05, 0.1) is 0 Å². The molecule has 0 aliphatic heterocycles. The van der Waals surface area contributed by atoms with Crippen molar-refractivity contribution in [2.75, 3.05) is 0 Å². The van der Waals surface area contributed by atoms with Gasteiger partial charge >= 0.3 is 0 Å². The van der Waals surface area contributed by atoms with E-state index in [1.165, 1.54) is 64.2 Å². The van der Waals surface area contributed by atoms with Crippen LogP contribution in [0.25, 0.3) is 0 Å². The summed E-state index contributed by atoms with van der Waals surface area (Å²) in [6, 6.07) is 0. The zero-order valence-electron chi connectivity index (χ0n) is 13.5. The fourth-order valence-corrected chi connectivity index (χ4v) is 1.38. The molecule has 0 rings (SSSR count). The van der Waals surface area contributed by atoms with Crippen molar-refractivity contribution in [3.05, 3.63) is 0 Å². The van der Waals surface area contributed by atoms with Gasteiger partial charge in [-0.15, -0.1) is 0 Å². The Kier molecular flexibility index (Phi) is 55.4. The number of hydrogen-bond acceptors (Lipinski definition) is 0. The SMILES string of the molecule is CC.CCCCC.CCCCCCCCC.[V]. The second-order valence-corrected chi connectivity index (χ2v) is 4.12. The van der Waals surface area contributed by atoms with Crippen LogP contribution in [0.3, 0.4) is 0 Å². The van der Waals surface area contributed by atoms with Gasteiger partial charge < -0.3 is 0 Å².